The first kappa shape index (κ1) is 13.6. The van der Waals surface area contributed by atoms with Gasteiger partial charge in [0.05, 0.1) is 11.3 Å². The zero-order valence-corrected chi connectivity index (χ0v) is 9.34. The molecule has 0 heterocycles. The van der Waals surface area contributed by atoms with Gasteiger partial charge in [-0.3, -0.25) is 0 Å². The molecule has 0 saturated heterocycles. The van der Waals surface area contributed by atoms with Gasteiger partial charge in [-0.05, 0) is 24.6 Å². The van der Waals surface area contributed by atoms with Crippen molar-refractivity contribution < 1.29 is 13.2 Å². The number of rotatable bonds is 2. The van der Waals surface area contributed by atoms with Gasteiger partial charge in [0.25, 0.3) is 0 Å². The first-order valence-corrected chi connectivity index (χ1v) is 4.83. The highest BCUT2D eigenvalue weighted by Gasteiger charge is 2.33. The van der Waals surface area contributed by atoms with Gasteiger partial charge in [-0.15, -0.1) is 0 Å². The van der Waals surface area contributed by atoms with E-state index in [1.165, 1.54) is 12.1 Å². The summed E-state index contributed by atoms with van der Waals surface area (Å²) in [5, 5.41) is 19.3. The number of aryl methyl sites for hydroxylation is 1. The van der Waals surface area contributed by atoms with E-state index in [4.69, 9.17) is 10.5 Å². The van der Waals surface area contributed by atoms with Crippen LogP contribution in [0.15, 0.2) is 30.0 Å². The second kappa shape index (κ2) is 5.24. The minimum Gasteiger partial charge on any atom is -0.359 e. The van der Waals surface area contributed by atoms with Crippen LogP contribution < -0.4 is 5.32 Å². The van der Waals surface area contributed by atoms with Crippen LogP contribution in [-0.4, -0.2) is 0 Å². The molecule has 0 atom stereocenters. The molecule has 0 aliphatic heterocycles. The van der Waals surface area contributed by atoms with Gasteiger partial charge in [0.2, 0.25) is 0 Å². The van der Waals surface area contributed by atoms with E-state index < -0.39 is 11.7 Å². The molecule has 1 rings (SSSR count). The van der Waals surface area contributed by atoms with Crippen LogP contribution >= 0.6 is 0 Å². The van der Waals surface area contributed by atoms with Crippen LogP contribution in [0.5, 0.6) is 0 Å². The highest BCUT2D eigenvalue weighted by molar-refractivity contribution is 5.57. The molecule has 1 aromatic carbocycles. The first-order chi connectivity index (χ1) is 8.38. The van der Waals surface area contributed by atoms with Crippen LogP contribution in [0, 0.1) is 29.6 Å². The predicted octanol–water partition coefficient (Wildman–Crippen LogP) is 3.36. The van der Waals surface area contributed by atoms with Crippen LogP contribution in [0.25, 0.3) is 0 Å². The molecule has 0 amide bonds. The Balaban J connectivity index is 3.17. The number of allylic oxidation sites excluding steroid dienone is 1. The molecule has 0 aliphatic rings. The zero-order chi connectivity index (χ0) is 13.8. The molecule has 0 saturated carbocycles. The summed E-state index contributed by atoms with van der Waals surface area (Å²) in [6.07, 6.45) is -3.55. The molecular weight excluding hydrogens is 243 g/mol. The number of halogens is 3. The molecular formula is C12H8F3N3. The minimum atomic E-state index is -4.50. The van der Waals surface area contributed by atoms with Crippen LogP contribution in [0.4, 0.5) is 18.9 Å². The lowest BCUT2D eigenvalue weighted by Crippen LogP contribution is -2.08. The number of nitriles is 2. The second-order valence-corrected chi connectivity index (χ2v) is 3.47. The van der Waals surface area contributed by atoms with Gasteiger partial charge in [-0.2, -0.15) is 23.7 Å². The fraction of sp³-hybridized carbons (Fsp3) is 0.167. The van der Waals surface area contributed by atoms with Crippen molar-refractivity contribution in [2.24, 2.45) is 0 Å². The molecule has 0 bridgehead atoms. The van der Waals surface area contributed by atoms with Gasteiger partial charge in [0.1, 0.15) is 17.7 Å². The van der Waals surface area contributed by atoms with Crippen LogP contribution in [0.1, 0.15) is 11.1 Å². The molecule has 18 heavy (non-hydrogen) atoms. The summed E-state index contributed by atoms with van der Waals surface area (Å²) < 4.78 is 38.0. The quantitative estimate of drug-likeness (QED) is 0.820. The third-order valence-corrected chi connectivity index (χ3v) is 2.09. The van der Waals surface area contributed by atoms with Crippen molar-refractivity contribution in [1.82, 2.24) is 0 Å². The molecule has 1 N–H and O–H groups in total. The number of nitrogens with zero attached hydrogens (tertiary/aromatic N) is 2. The van der Waals surface area contributed by atoms with Crippen LogP contribution in [0.2, 0.25) is 0 Å². The maximum atomic E-state index is 12.7. The van der Waals surface area contributed by atoms with E-state index in [1.54, 1.807) is 19.1 Å². The number of alkyl halides is 3. The number of nitrogens with one attached hydrogen (secondary N) is 1. The Kier molecular flexibility index (Phi) is 3.96. The molecule has 0 aromatic heterocycles. The average Bonchev–Trinajstić information content (AvgIpc) is 2.28. The molecule has 92 valence electrons. The Morgan fingerprint density at radius 3 is 2.39 bits per heavy atom. The van der Waals surface area contributed by atoms with Gasteiger partial charge < -0.3 is 5.32 Å². The van der Waals surface area contributed by atoms with Crippen molar-refractivity contribution in [3.63, 3.8) is 0 Å². The number of benzene rings is 1. The largest absolute Gasteiger partial charge is 0.418 e. The summed E-state index contributed by atoms with van der Waals surface area (Å²) in [7, 11) is 0. The lowest BCUT2D eigenvalue weighted by Gasteiger charge is -2.13. The molecule has 0 fully saturated rings. The van der Waals surface area contributed by atoms with Gasteiger partial charge in [-0.1, -0.05) is 6.07 Å². The summed E-state index contributed by atoms with van der Waals surface area (Å²) in [4.78, 5) is 0. The van der Waals surface area contributed by atoms with Gasteiger partial charge >= 0.3 is 6.18 Å². The Morgan fingerprint density at radius 1 is 1.28 bits per heavy atom. The fourth-order valence-electron chi connectivity index (χ4n) is 1.26. The highest BCUT2D eigenvalue weighted by atomic mass is 19.4. The van der Waals surface area contributed by atoms with E-state index in [1.807, 2.05) is 0 Å². The molecule has 0 unspecified atom stereocenters. The third kappa shape index (κ3) is 3.26. The Hall–Kier alpha value is -2.47. The SMILES string of the molecule is Cc1ccc(C(F)(F)F)c(NC=C(C#N)C#N)c1. The highest BCUT2D eigenvalue weighted by Crippen LogP contribution is 2.35. The summed E-state index contributed by atoms with van der Waals surface area (Å²) in [5.41, 5.74) is -0.705. The summed E-state index contributed by atoms with van der Waals surface area (Å²) in [5.74, 6) is 0. The molecule has 0 spiro atoms. The van der Waals surface area contributed by atoms with Gasteiger partial charge in [-0.25, -0.2) is 0 Å². The van der Waals surface area contributed by atoms with Crippen LogP contribution in [-0.2, 0) is 6.18 Å². The molecule has 0 aliphatic carbocycles. The second-order valence-electron chi connectivity index (χ2n) is 3.47. The van der Waals surface area contributed by atoms with Crippen molar-refractivity contribution in [1.29, 1.82) is 10.5 Å². The Labute approximate surface area is 102 Å². The zero-order valence-electron chi connectivity index (χ0n) is 9.34. The third-order valence-electron chi connectivity index (χ3n) is 2.09. The van der Waals surface area contributed by atoms with Crippen molar-refractivity contribution in [2.75, 3.05) is 5.32 Å². The van der Waals surface area contributed by atoms with E-state index >= 15 is 0 Å². The molecule has 6 heteroatoms. The lowest BCUT2D eigenvalue weighted by molar-refractivity contribution is -0.136. The Bertz CT molecular complexity index is 543. The lowest BCUT2D eigenvalue weighted by atomic mass is 10.1. The van der Waals surface area contributed by atoms with Crippen molar-refractivity contribution in [3.05, 3.63) is 41.1 Å². The monoisotopic (exact) mass is 251 g/mol. The average molecular weight is 251 g/mol. The summed E-state index contributed by atoms with van der Waals surface area (Å²) in [6.45, 7) is 1.64. The number of anilines is 1. The van der Waals surface area contributed by atoms with Crippen molar-refractivity contribution in [3.8, 4) is 12.1 Å². The van der Waals surface area contributed by atoms with Crippen molar-refractivity contribution >= 4 is 5.69 Å². The maximum absolute atomic E-state index is 12.7. The standard InChI is InChI=1S/C12H8F3N3/c1-8-2-3-10(12(13,14)15)11(4-8)18-7-9(5-16)6-17/h2-4,7,18H,1H3. The first-order valence-electron chi connectivity index (χ1n) is 4.83. The molecule has 0 radical (unpaired) electrons. The van der Waals surface area contributed by atoms with Crippen LogP contribution in [0.3, 0.4) is 0 Å². The number of hydrogen-bond donors (Lipinski definition) is 1. The smallest absolute Gasteiger partial charge is 0.359 e. The van der Waals surface area contributed by atoms with Crippen molar-refractivity contribution in [2.45, 2.75) is 13.1 Å². The van der Waals surface area contributed by atoms with E-state index in [-0.39, 0.29) is 11.3 Å². The van der Waals surface area contributed by atoms with Gasteiger partial charge in [0.15, 0.2) is 0 Å². The molecule has 1 aromatic rings. The van der Waals surface area contributed by atoms with E-state index in [0.29, 0.717) is 5.56 Å². The molecule has 3 nitrogen and oxygen atoms in total. The summed E-state index contributed by atoms with van der Waals surface area (Å²) >= 11 is 0. The predicted molar refractivity (Wildman–Crippen MR) is 59.1 cm³/mol. The van der Waals surface area contributed by atoms with Gasteiger partial charge in [0, 0.05) is 6.20 Å². The van der Waals surface area contributed by atoms with E-state index in [2.05, 4.69) is 5.32 Å². The minimum absolute atomic E-state index is 0.189. The Morgan fingerprint density at radius 2 is 1.89 bits per heavy atom. The van der Waals surface area contributed by atoms with E-state index in [9.17, 15) is 13.2 Å². The fourth-order valence-corrected chi connectivity index (χ4v) is 1.26. The normalized spacial score (nSPS) is 10.1. The number of hydrogen-bond acceptors (Lipinski definition) is 3. The van der Waals surface area contributed by atoms with E-state index in [0.717, 1.165) is 12.3 Å². The topological polar surface area (TPSA) is 59.6 Å². The maximum Gasteiger partial charge on any atom is 0.418 e. The summed E-state index contributed by atoms with van der Waals surface area (Å²) in [6, 6.07) is 6.69.